The first kappa shape index (κ1) is 17.5. The van der Waals surface area contributed by atoms with Crippen molar-refractivity contribution in [2.75, 3.05) is 33.3 Å². The number of carbonyl (C=O) groups is 2. The standard InChI is InChI=1S/C18H26N4O3/c1-21-15-6-2-5-14(17(21)23)12-22(13-15)18(24)20-9-4-10-25-16-7-3-8-19-11-16/h3,7-8,11,14-15H,2,4-6,9-10,12-13H2,1H3,(H,20,24). The summed E-state index contributed by atoms with van der Waals surface area (Å²) in [4.78, 5) is 32.5. The molecule has 1 aromatic heterocycles. The Hall–Kier alpha value is -2.31. The number of nitrogens with zero attached hydrogens (tertiary/aromatic N) is 3. The Kier molecular flexibility index (Phi) is 5.73. The van der Waals surface area contributed by atoms with E-state index in [1.54, 1.807) is 17.3 Å². The topological polar surface area (TPSA) is 74.8 Å². The Morgan fingerprint density at radius 3 is 3.08 bits per heavy atom. The number of fused-ring (bicyclic) bond motifs is 3. The number of likely N-dealkylation sites (tertiary alicyclic amines) is 1. The number of nitrogens with one attached hydrogen (secondary N) is 1. The van der Waals surface area contributed by atoms with E-state index in [-0.39, 0.29) is 23.9 Å². The average molecular weight is 346 g/mol. The van der Waals surface area contributed by atoms with Crippen molar-refractivity contribution in [2.24, 2.45) is 5.92 Å². The van der Waals surface area contributed by atoms with Crippen molar-refractivity contribution in [1.29, 1.82) is 0 Å². The lowest BCUT2D eigenvalue weighted by Gasteiger charge is -2.29. The van der Waals surface area contributed by atoms with E-state index in [1.807, 2.05) is 24.1 Å². The van der Waals surface area contributed by atoms with Gasteiger partial charge < -0.3 is 19.9 Å². The Bertz CT molecular complexity index is 595. The minimum absolute atomic E-state index is 0.0582. The lowest BCUT2D eigenvalue weighted by Crippen LogP contribution is -2.46. The summed E-state index contributed by atoms with van der Waals surface area (Å²) < 4.78 is 5.56. The molecular weight excluding hydrogens is 320 g/mol. The van der Waals surface area contributed by atoms with Crippen LogP contribution in [0.15, 0.2) is 24.5 Å². The van der Waals surface area contributed by atoms with Gasteiger partial charge in [0, 0.05) is 38.9 Å². The molecule has 7 nitrogen and oxygen atoms in total. The predicted octanol–water partition coefficient (Wildman–Crippen LogP) is 1.50. The van der Waals surface area contributed by atoms with Gasteiger partial charge in [-0.1, -0.05) is 6.42 Å². The second kappa shape index (κ2) is 8.18. The van der Waals surface area contributed by atoms with Crippen LogP contribution in [0.4, 0.5) is 4.79 Å². The maximum Gasteiger partial charge on any atom is 0.317 e. The molecule has 2 aliphatic heterocycles. The molecule has 25 heavy (non-hydrogen) atoms. The number of amides is 3. The van der Waals surface area contributed by atoms with Gasteiger partial charge in [-0.2, -0.15) is 0 Å². The van der Waals surface area contributed by atoms with Crippen molar-refractivity contribution < 1.29 is 14.3 Å². The van der Waals surface area contributed by atoms with E-state index in [0.717, 1.165) is 31.4 Å². The molecule has 3 heterocycles. The number of hydrogen-bond acceptors (Lipinski definition) is 4. The fourth-order valence-corrected chi connectivity index (χ4v) is 3.53. The molecule has 2 unspecified atom stereocenters. The van der Waals surface area contributed by atoms with E-state index in [2.05, 4.69) is 10.3 Å². The van der Waals surface area contributed by atoms with E-state index in [1.165, 1.54) is 0 Å². The first-order chi connectivity index (χ1) is 12.1. The number of carbonyl (C=O) groups excluding carboxylic acids is 2. The lowest BCUT2D eigenvalue weighted by molar-refractivity contribution is -0.134. The molecule has 1 aromatic rings. The van der Waals surface area contributed by atoms with Crippen LogP contribution in [0.3, 0.4) is 0 Å². The van der Waals surface area contributed by atoms with Gasteiger partial charge in [0.15, 0.2) is 0 Å². The van der Waals surface area contributed by atoms with Gasteiger partial charge in [-0.25, -0.2) is 4.79 Å². The van der Waals surface area contributed by atoms with Gasteiger partial charge in [0.2, 0.25) is 5.91 Å². The monoisotopic (exact) mass is 346 g/mol. The van der Waals surface area contributed by atoms with E-state index in [9.17, 15) is 9.59 Å². The lowest BCUT2D eigenvalue weighted by atomic mass is 9.99. The highest BCUT2D eigenvalue weighted by Gasteiger charge is 2.37. The Morgan fingerprint density at radius 1 is 1.40 bits per heavy atom. The highest BCUT2D eigenvalue weighted by Crippen LogP contribution is 2.26. The first-order valence-electron chi connectivity index (χ1n) is 8.97. The fraction of sp³-hybridized carbons (Fsp3) is 0.611. The largest absolute Gasteiger partial charge is 0.492 e. The molecule has 2 atom stereocenters. The Labute approximate surface area is 148 Å². The zero-order valence-corrected chi connectivity index (χ0v) is 14.7. The maximum absolute atomic E-state index is 12.5. The molecule has 0 aliphatic carbocycles. The minimum atomic E-state index is -0.0821. The van der Waals surface area contributed by atoms with Crippen LogP contribution in [0.25, 0.3) is 0 Å². The molecule has 7 heteroatoms. The number of pyridine rings is 1. The molecule has 136 valence electrons. The van der Waals surface area contributed by atoms with Crippen molar-refractivity contribution in [2.45, 2.75) is 31.7 Å². The SMILES string of the molecule is CN1C(=O)C2CCCC1CN(C(=O)NCCCOc1cccnc1)C2. The molecule has 3 amide bonds. The number of aromatic nitrogens is 1. The summed E-state index contributed by atoms with van der Waals surface area (Å²) in [6, 6.07) is 3.74. The minimum Gasteiger partial charge on any atom is -0.492 e. The second-order valence-corrected chi connectivity index (χ2v) is 6.76. The summed E-state index contributed by atoms with van der Waals surface area (Å²) in [7, 11) is 1.86. The number of rotatable bonds is 5. The quantitative estimate of drug-likeness (QED) is 0.820. The Morgan fingerprint density at radius 2 is 2.28 bits per heavy atom. The summed E-state index contributed by atoms with van der Waals surface area (Å²) in [6.45, 7) is 2.22. The summed E-state index contributed by atoms with van der Waals surface area (Å²) in [5.74, 6) is 0.857. The summed E-state index contributed by atoms with van der Waals surface area (Å²) in [5, 5.41) is 2.95. The maximum atomic E-state index is 12.5. The van der Waals surface area contributed by atoms with Crippen LogP contribution >= 0.6 is 0 Å². The fourth-order valence-electron chi connectivity index (χ4n) is 3.53. The number of likely N-dealkylation sites (N-methyl/N-ethyl adjacent to an activating group) is 1. The van der Waals surface area contributed by atoms with Crippen molar-refractivity contribution >= 4 is 11.9 Å². The van der Waals surface area contributed by atoms with E-state index in [4.69, 9.17) is 4.74 Å². The predicted molar refractivity (Wildman–Crippen MR) is 93.2 cm³/mol. The molecule has 2 aliphatic rings. The number of ether oxygens (including phenoxy) is 1. The molecule has 0 spiro atoms. The van der Waals surface area contributed by atoms with E-state index < -0.39 is 0 Å². The van der Waals surface area contributed by atoms with E-state index in [0.29, 0.717) is 26.2 Å². The van der Waals surface area contributed by atoms with Gasteiger partial charge in [0.1, 0.15) is 5.75 Å². The molecule has 3 rings (SSSR count). The van der Waals surface area contributed by atoms with Gasteiger partial charge in [-0.3, -0.25) is 9.78 Å². The molecule has 0 radical (unpaired) electrons. The van der Waals surface area contributed by atoms with Crippen LogP contribution in [0, 0.1) is 5.92 Å². The van der Waals surface area contributed by atoms with Gasteiger partial charge in [-0.05, 0) is 31.4 Å². The second-order valence-electron chi connectivity index (χ2n) is 6.76. The summed E-state index contributed by atoms with van der Waals surface area (Å²) in [5.41, 5.74) is 0. The summed E-state index contributed by atoms with van der Waals surface area (Å²) >= 11 is 0. The third-order valence-corrected chi connectivity index (χ3v) is 4.99. The van der Waals surface area contributed by atoms with Crippen LogP contribution in [0.2, 0.25) is 0 Å². The zero-order chi connectivity index (χ0) is 17.6. The normalized spacial score (nSPS) is 23.2. The zero-order valence-electron chi connectivity index (χ0n) is 14.7. The number of urea groups is 1. The van der Waals surface area contributed by atoms with Crippen LogP contribution < -0.4 is 10.1 Å². The van der Waals surface area contributed by atoms with Gasteiger partial charge in [0.05, 0.1) is 18.7 Å². The van der Waals surface area contributed by atoms with Crippen molar-refractivity contribution in [3.05, 3.63) is 24.5 Å². The highest BCUT2D eigenvalue weighted by atomic mass is 16.5. The van der Waals surface area contributed by atoms with Crippen molar-refractivity contribution in [3.63, 3.8) is 0 Å². The molecule has 2 saturated heterocycles. The van der Waals surface area contributed by atoms with Crippen LogP contribution in [-0.2, 0) is 4.79 Å². The van der Waals surface area contributed by atoms with Crippen molar-refractivity contribution in [3.8, 4) is 5.75 Å². The molecule has 0 saturated carbocycles. The van der Waals surface area contributed by atoms with Crippen LogP contribution in [0.1, 0.15) is 25.7 Å². The highest BCUT2D eigenvalue weighted by molar-refractivity contribution is 5.82. The van der Waals surface area contributed by atoms with Crippen LogP contribution in [0.5, 0.6) is 5.75 Å². The van der Waals surface area contributed by atoms with Crippen molar-refractivity contribution in [1.82, 2.24) is 20.1 Å². The third kappa shape index (κ3) is 4.41. The first-order valence-corrected chi connectivity index (χ1v) is 8.97. The molecule has 1 N–H and O–H groups in total. The summed E-state index contributed by atoms with van der Waals surface area (Å²) in [6.07, 6.45) is 7.00. The smallest absolute Gasteiger partial charge is 0.317 e. The Balaban J connectivity index is 1.43. The van der Waals surface area contributed by atoms with Gasteiger partial charge >= 0.3 is 6.03 Å². The number of hydrogen-bond donors (Lipinski definition) is 1. The van der Waals surface area contributed by atoms with E-state index >= 15 is 0 Å². The molecule has 2 bridgehead atoms. The van der Waals surface area contributed by atoms with Gasteiger partial charge in [-0.15, -0.1) is 0 Å². The molecular formula is C18H26N4O3. The molecule has 2 fully saturated rings. The average Bonchev–Trinajstić information content (AvgIpc) is 2.80. The molecule has 0 aromatic carbocycles. The third-order valence-electron chi connectivity index (χ3n) is 4.99. The van der Waals surface area contributed by atoms with Crippen LogP contribution in [-0.4, -0.2) is 66.1 Å². The van der Waals surface area contributed by atoms with Gasteiger partial charge in [0.25, 0.3) is 0 Å².